The third kappa shape index (κ3) is 2.23. The molecule has 0 N–H and O–H groups in total. The Bertz CT molecular complexity index is 365. The Morgan fingerprint density at radius 1 is 1.27 bits per heavy atom. The summed E-state index contributed by atoms with van der Waals surface area (Å²) in [5.74, 6) is 0. The Labute approximate surface area is 92.4 Å². The van der Waals surface area contributed by atoms with Crippen LogP contribution in [0.5, 0.6) is 0 Å². The van der Waals surface area contributed by atoms with E-state index in [4.69, 9.17) is 0 Å². The molecule has 1 aromatic carbocycles. The number of para-hydroxylation sites is 1. The first kappa shape index (κ1) is 10.3. The lowest BCUT2D eigenvalue weighted by atomic mass is 10.0. The van der Waals surface area contributed by atoms with Gasteiger partial charge in [0.2, 0.25) is 0 Å². The molecule has 0 unspecified atom stereocenters. The van der Waals surface area contributed by atoms with E-state index >= 15 is 0 Å². The van der Waals surface area contributed by atoms with Crippen molar-refractivity contribution < 1.29 is 0 Å². The van der Waals surface area contributed by atoms with Gasteiger partial charge in [-0.25, -0.2) is 0 Å². The van der Waals surface area contributed by atoms with Crippen molar-refractivity contribution in [2.75, 3.05) is 18.5 Å². The van der Waals surface area contributed by atoms with E-state index in [1.807, 2.05) is 0 Å². The maximum Gasteiger partial charge on any atom is 0.0399 e. The third-order valence-corrected chi connectivity index (χ3v) is 3.24. The van der Waals surface area contributed by atoms with E-state index in [9.17, 15) is 0 Å². The summed E-state index contributed by atoms with van der Waals surface area (Å²) in [5.41, 5.74) is 4.44. The Morgan fingerprint density at radius 3 is 2.87 bits per heavy atom. The molecule has 0 aliphatic carbocycles. The highest BCUT2D eigenvalue weighted by molar-refractivity contribution is 5.54. The van der Waals surface area contributed by atoms with Gasteiger partial charge in [-0.15, -0.1) is 0 Å². The van der Waals surface area contributed by atoms with Gasteiger partial charge in [-0.1, -0.05) is 36.8 Å². The predicted octanol–water partition coefficient (Wildman–Crippen LogP) is 3.41. The maximum atomic E-state index is 2.41. The number of hydrogen-bond donors (Lipinski definition) is 0. The average Bonchev–Trinajstić information content (AvgIpc) is 2.27. The zero-order valence-corrected chi connectivity index (χ0v) is 9.66. The van der Waals surface area contributed by atoms with Crippen molar-refractivity contribution >= 4 is 5.69 Å². The first-order chi connectivity index (χ1) is 7.31. The molecule has 2 rings (SSSR count). The van der Waals surface area contributed by atoms with Crippen molar-refractivity contribution in [2.45, 2.75) is 26.2 Å². The van der Waals surface area contributed by atoms with Gasteiger partial charge >= 0.3 is 0 Å². The number of fused-ring (bicyclic) bond motifs is 1. The fraction of sp³-hybridized carbons (Fsp3) is 0.429. The van der Waals surface area contributed by atoms with Crippen LogP contribution in [0.4, 0.5) is 5.69 Å². The fourth-order valence-corrected chi connectivity index (χ4v) is 2.17. The lowest BCUT2D eigenvalue weighted by molar-refractivity contribution is 0.817. The molecule has 0 saturated carbocycles. The highest BCUT2D eigenvalue weighted by Crippen LogP contribution is 2.24. The Hall–Kier alpha value is -1.24. The summed E-state index contributed by atoms with van der Waals surface area (Å²) in [6.45, 7) is 3.38. The Kier molecular flexibility index (Phi) is 3.10. The van der Waals surface area contributed by atoms with Gasteiger partial charge in [0.05, 0.1) is 0 Å². The summed E-state index contributed by atoms with van der Waals surface area (Å²) in [6, 6.07) is 8.72. The summed E-state index contributed by atoms with van der Waals surface area (Å²) >= 11 is 0. The van der Waals surface area contributed by atoms with Gasteiger partial charge in [0.15, 0.2) is 0 Å². The third-order valence-electron chi connectivity index (χ3n) is 3.24. The van der Waals surface area contributed by atoms with Gasteiger partial charge < -0.3 is 4.90 Å². The number of anilines is 1. The quantitative estimate of drug-likeness (QED) is 0.629. The van der Waals surface area contributed by atoms with E-state index in [0.29, 0.717) is 0 Å². The van der Waals surface area contributed by atoms with Crippen molar-refractivity contribution in [3.05, 3.63) is 41.5 Å². The number of hydrogen-bond acceptors (Lipinski definition) is 1. The Morgan fingerprint density at radius 2 is 2.07 bits per heavy atom. The van der Waals surface area contributed by atoms with Crippen LogP contribution in [0, 0.1) is 0 Å². The molecular formula is C14H19N. The minimum absolute atomic E-state index is 1.09. The molecule has 1 aliphatic rings. The second-order valence-electron chi connectivity index (χ2n) is 4.22. The standard InChI is InChI=1S/C14H19N/c1-3-12-8-9-13-6-4-5-7-14(13)15(2)11-10-12/h4-8H,3,9-11H2,1-2H3. The number of benzene rings is 1. The van der Waals surface area contributed by atoms with E-state index in [0.717, 1.165) is 13.0 Å². The molecule has 80 valence electrons. The van der Waals surface area contributed by atoms with Crippen LogP contribution in [0.1, 0.15) is 25.3 Å². The van der Waals surface area contributed by atoms with Crippen LogP contribution in [-0.2, 0) is 6.42 Å². The topological polar surface area (TPSA) is 3.24 Å². The Balaban J connectivity index is 2.33. The number of allylic oxidation sites excluding steroid dienone is 1. The largest absolute Gasteiger partial charge is 0.374 e. The first-order valence-electron chi connectivity index (χ1n) is 5.78. The van der Waals surface area contributed by atoms with Crippen LogP contribution in [0.2, 0.25) is 0 Å². The van der Waals surface area contributed by atoms with E-state index in [-0.39, 0.29) is 0 Å². The van der Waals surface area contributed by atoms with Crippen LogP contribution >= 0.6 is 0 Å². The lowest BCUT2D eigenvalue weighted by Crippen LogP contribution is -2.21. The minimum Gasteiger partial charge on any atom is -0.374 e. The van der Waals surface area contributed by atoms with Gasteiger partial charge in [-0.2, -0.15) is 0 Å². The average molecular weight is 201 g/mol. The molecule has 0 spiro atoms. The lowest BCUT2D eigenvalue weighted by Gasteiger charge is -2.25. The normalized spacial score (nSPS) is 16.4. The molecule has 15 heavy (non-hydrogen) atoms. The van der Waals surface area contributed by atoms with Crippen molar-refractivity contribution in [1.29, 1.82) is 0 Å². The van der Waals surface area contributed by atoms with Crippen molar-refractivity contribution in [3.63, 3.8) is 0 Å². The zero-order valence-electron chi connectivity index (χ0n) is 9.66. The fourth-order valence-electron chi connectivity index (χ4n) is 2.17. The van der Waals surface area contributed by atoms with E-state index in [1.165, 1.54) is 24.1 Å². The van der Waals surface area contributed by atoms with Crippen molar-refractivity contribution in [1.82, 2.24) is 0 Å². The van der Waals surface area contributed by atoms with Crippen LogP contribution < -0.4 is 4.90 Å². The van der Waals surface area contributed by atoms with Gasteiger partial charge in [0, 0.05) is 19.3 Å². The summed E-state index contributed by atoms with van der Waals surface area (Å²) in [4.78, 5) is 2.37. The molecule has 0 fully saturated rings. The second-order valence-corrected chi connectivity index (χ2v) is 4.22. The monoisotopic (exact) mass is 201 g/mol. The second kappa shape index (κ2) is 4.52. The van der Waals surface area contributed by atoms with Crippen LogP contribution in [0.3, 0.4) is 0 Å². The highest BCUT2D eigenvalue weighted by Gasteiger charge is 2.09. The van der Waals surface area contributed by atoms with Crippen molar-refractivity contribution in [2.24, 2.45) is 0 Å². The van der Waals surface area contributed by atoms with Gasteiger partial charge in [0.25, 0.3) is 0 Å². The molecule has 0 bridgehead atoms. The van der Waals surface area contributed by atoms with Gasteiger partial charge in [0.1, 0.15) is 0 Å². The molecule has 0 saturated heterocycles. The minimum atomic E-state index is 1.09. The maximum absolute atomic E-state index is 2.41. The summed E-state index contributed by atoms with van der Waals surface area (Å²) < 4.78 is 0. The predicted molar refractivity (Wildman–Crippen MR) is 66.4 cm³/mol. The molecule has 0 radical (unpaired) electrons. The van der Waals surface area contributed by atoms with E-state index in [1.54, 1.807) is 5.57 Å². The number of rotatable bonds is 1. The zero-order chi connectivity index (χ0) is 10.7. The molecule has 1 heteroatoms. The van der Waals surface area contributed by atoms with Gasteiger partial charge in [-0.3, -0.25) is 0 Å². The molecule has 0 aromatic heterocycles. The van der Waals surface area contributed by atoms with Crippen molar-refractivity contribution in [3.8, 4) is 0 Å². The van der Waals surface area contributed by atoms with Crippen LogP contribution in [0.15, 0.2) is 35.9 Å². The summed E-state index contributed by atoms with van der Waals surface area (Å²) in [7, 11) is 2.19. The molecule has 1 nitrogen and oxygen atoms in total. The van der Waals surface area contributed by atoms with Crippen LogP contribution in [0.25, 0.3) is 0 Å². The van der Waals surface area contributed by atoms with Gasteiger partial charge in [-0.05, 0) is 30.9 Å². The van der Waals surface area contributed by atoms with Crippen LogP contribution in [-0.4, -0.2) is 13.6 Å². The molecule has 1 aliphatic heterocycles. The number of nitrogens with zero attached hydrogens (tertiary/aromatic N) is 1. The molecule has 0 amide bonds. The molecule has 0 atom stereocenters. The smallest absolute Gasteiger partial charge is 0.0399 e. The summed E-state index contributed by atoms with van der Waals surface area (Å²) in [6.07, 6.45) is 5.90. The van der Waals surface area contributed by atoms with E-state index in [2.05, 4.69) is 49.2 Å². The molecule has 1 aromatic rings. The molecular weight excluding hydrogens is 182 g/mol. The SMILES string of the molecule is CCC1=CCc2ccccc2N(C)CC1. The van der Waals surface area contributed by atoms with E-state index < -0.39 is 0 Å². The molecule has 1 heterocycles. The first-order valence-corrected chi connectivity index (χ1v) is 5.78. The highest BCUT2D eigenvalue weighted by atomic mass is 15.1. The summed E-state index contributed by atoms with van der Waals surface area (Å²) in [5, 5.41) is 0.